The summed E-state index contributed by atoms with van der Waals surface area (Å²) in [5.74, 6) is 0. The standard InChI is InChI=1S/C15H30N3.C2N3/c1-7-16(8-2)13-14(17(9-3)10-4)15(13)18(11-5)12-6;3-1-5-2-4/h7-12H2,1-6H3;/q+1;-1. The molecule has 23 heavy (non-hydrogen) atoms. The minimum absolute atomic E-state index is 1.10. The first kappa shape index (κ1) is 20.9. The summed E-state index contributed by atoms with van der Waals surface area (Å²) in [6.07, 6.45) is 1.28. The fraction of sp³-hybridized carbons (Fsp3) is 0.706. The van der Waals surface area contributed by atoms with Crippen molar-refractivity contribution >= 4 is 17.4 Å². The van der Waals surface area contributed by atoms with Crippen molar-refractivity contribution in [3.63, 3.8) is 0 Å². The van der Waals surface area contributed by atoms with E-state index in [1.807, 2.05) is 0 Å². The second-order valence-corrected chi connectivity index (χ2v) is 4.87. The van der Waals surface area contributed by atoms with Gasteiger partial charge in [-0.2, -0.15) is 5.26 Å². The highest BCUT2D eigenvalue weighted by molar-refractivity contribution is 5.85. The van der Waals surface area contributed by atoms with Crippen LogP contribution in [0.5, 0.6) is 0 Å². The molecule has 128 valence electrons. The van der Waals surface area contributed by atoms with Gasteiger partial charge in [-0.05, 0) is 41.5 Å². The Morgan fingerprint density at radius 1 is 0.913 bits per heavy atom. The van der Waals surface area contributed by atoms with Gasteiger partial charge < -0.3 is 20.2 Å². The molecule has 0 heterocycles. The summed E-state index contributed by atoms with van der Waals surface area (Å²) >= 11 is 0. The first-order valence-corrected chi connectivity index (χ1v) is 8.46. The average molecular weight is 318 g/mol. The second-order valence-electron chi connectivity index (χ2n) is 4.87. The number of hydrogen-bond donors (Lipinski definition) is 0. The lowest BCUT2D eigenvalue weighted by Crippen LogP contribution is -2.29. The maximum atomic E-state index is 7.43. The van der Waals surface area contributed by atoms with Crippen molar-refractivity contribution in [1.82, 2.24) is 4.58 Å². The summed E-state index contributed by atoms with van der Waals surface area (Å²) in [7, 11) is 0. The molecule has 0 spiro atoms. The molecule has 0 aromatic heterocycles. The quantitative estimate of drug-likeness (QED) is 0.419. The van der Waals surface area contributed by atoms with E-state index >= 15 is 0 Å². The molecule has 1 aromatic carbocycles. The largest absolute Gasteiger partial charge is 0.422 e. The van der Waals surface area contributed by atoms with E-state index in [0.717, 1.165) is 39.3 Å². The zero-order valence-corrected chi connectivity index (χ0v) is 15.4. The second kappa shape index (κ2) is 11.4. The van der Waals surface area contributed by atoms with Crippen LogP contribution in [0.4, 0.5) is 11.4 Å². The normalized spacial score (nSPS) is 9.43. The summed E-state index contributed by atoms with van der Waals surface area (Å²) in [4.78, 5) is 7.56. The van der Waals surface area contributed by atoms with E-state index in [4.69, 9.17) is 10.7 Å². The SMILES string of the molecule is CCN(CC)c1c(N(CC)CC)c1=[N+](CC)CC.N#CN=C=[N-]. The van der Waals surface area contributed by atoms with Crippen LogP contribution < -0.4 is 19.7 Å². The maximum Gasteiger partial charge on any atom is 0.251 e. The van der Waals surface area contributed by atoms with Crippen molar-refractivity contribution in [1.29, 1.82) is 5.26 Å². The monoisotopic (exact) mass is 318 g/mol. The maximum absolute atomic E-state index is 7.43. The van der Waals surface area contributed by atoms with Crippen molar-refractivity contribution < 1.29 is 0 Å². The van der Waals surface area contributed by atoms with Crippen LogP contribution in [-0.2, 0) is 0 Å². The van der Waals surface area contributed by atoms with Gasteiger partial charge in [0.2, 0.25) is 0 Å². The molecule has 0 aliphatic heterocycles. The van der Waals surface area contributed by atoms with E-state index < -0.39 is 0 Å². The molecule has 0 N–H and O–H groups in total. The molecule has 0 aliphatic carbocycles. The van der Waals surface area contributed by atoms with Crippen molar-refractivity contribution in [3.8, 4) is 6.19 Å². The van der Waals surface area contributed by atoms with Gasteiger partial charge in [0.1, 0.15) is 24.5 Å². The minimum Gasteiger partial charge on any atom is -0.422 e. The van der Waals surface area contributed by atoms with Crippen molar-refractivity contribution in [2.45, 2.75) is 41.5 Å². The van der Waals surface area contributed by atoms with Crippen LogP contribution in [-0.4, -0.2) is 45.3 Å². The van der Waals surface area contributed by atoms with Crippen LogP contribution in [0.25, 0.3) is 5.41 Å². The van der Waals surface area contributed by atoms with Gasteiger partial charge in [-0.1, -0.05) is 0 Å². The zero-order chi connectivity index (χ0) is 17.8. The summed E-state index contributed by atoms with van der Waals surface area (Å²) in [5, 5.41) is 16.3. The zero-order valence-electron chi connectivity index (χ0n) is 15.4. The van der Waals surface area contributed by atoms with Crippen LogP contribution in [0.15, 0.2) is 4.99 Å². The van der Waals surface area contributed by atoms with Crippen LogP contribution in [0.3, 0.4) is 0 Å². The van der Waals surface area contributed by atoms with Crippen LogP contribution in [0.1, 0.15) is 41.5 Å². The van der Waals surface area contributed by atoms with E-state index in [2.05, 4.69) is 60.9 Å². The van der Waals surface area contributed by atoms with Crippen LogP contribution in [0.2, 0.25) is 0 Å². The molecule has 0 fully saturated rings. The Hall–Kier alpha value is -2.12. The Morgan fingerprint density at radius 2 is 1.30 bits per heavy atom. The van der Waals surface area contributed by atoms with E-state index in [9.17, 15) is 0 Å². The molecule has 0 bridgehead atoms. The molecule has 6 nitrogen and oxygen atoms in total. The molecule has 0 radical (unpaired) electrons. The first-order chi connectivity index (χ1) is 11.1. The number of nitriles is 1. The first-order valence-electron chi connectivity index (χ1n) is 8.46. The molecule has 0 saturated carbocycles. The van der Waals surface area contributed by atoms with Gasteiger partial charge in [-0.3, -0.25) is 0 Å². The van der Waals surface area contributed by atoms with Crippen LogP contribution >= 0.6 is 0 Å². The molecule has 0 saturated heterocycles. The third kappa shape index (κ3) is 5.54. The van der Waals surface area contributed by atoms with E-state index in [1.54, 1.807) is 0 Å². The summed E-state index contributed by atoms with van der Waals surface area (Å²) < 4.78 is 2.49. The summed E-state index contributed by atoms with van der Waals surface area (Å²) in [6.45, 7) is 20.1. The van der Waals surface area contributed by atoms with Gasteiger partial charge >= 0.3 is 0 Å². The van der Waals surface area contributed by atoms with Crippen molar-refractivity contribution in [2.24, 2.45) is 4.99 Å². The molecular formula is C17H30N6. The third-order valence-electron chi connectivity index (χ3n) is 3.95. The molecule has 0 atom stereocenters. The molecule has 0 amide bonds. The van der Waals surface area contributed by atoms with Gasteiger partial charge in [-0.15, -0.1) is 6.01 Å². The van der Waals surface area contributed by atoms with E-state index in [0.29, 0.717) is 0 Å². The molecule has 1 aromatic rings. The Balaban J connectivity index is 0.000000841. The molecular weight excluding hydrogens is 288 g/mol. The highest BCUT2D eigenvalue weighted by atomic mass is 15.2. The van der Waals surface area contributed by atoms with Gasteiger partial charge in [0.15, 0.2) is 0 Å². The molecule has 6 heteroatoms. The Morgan fingerprint density at radius 3 is 1.48 bits per heavy atom. The average Bonchev–Trinajstić information content (AvgIpc) is 3.27. The van der Waals surface area contributed by atoms with Gasteiger partial charge in [0.05, 0.1) is 6.19 Å². The van der Waals surface area contributed by atoms with Crippen molar-refractivity contribution in [2.75, 3.05) is 49.1 Å². The number of nitrogens with zero attached hydrogens (tertiary/aromatic N) is 6. The smallest absolute Gasteiger partial charge is 0.251 e. The highest BCUT2D eigenvalue weighted by Crippen LogP contribution is 2.32. The lowest BCUT2D eigenvalue weighted by Gasteiger charge is -2.18. The Labute approximate surface area is 140 Å². The predicted molar refractivity (Wildman–Crippen MR) is 98.7 cm³/mol. The number of hydrogen-bond acceptors (Lipinski definition) is 4. The molecule has 0 aliphatic rings. The summed E-state index contributed by atoms with van der Waals surface area (Å²) in [6, 6.07) is 1.28. The highest BCUT2D eigenvalue weighted by Gasteiger charge is 2.34. The topological polar surface area (TPSA) is 67.9 Å². The van der Waals surface area contributed by atoms with E-state index in [-0.39, 0.29) is 0 Å². The van der Waals surface area contributed by atoms with Gasteiger partial charge in [0.25, 0.3) is 5.36 Å². The molecule has 0 unspecified atom stereocenters. The van der Waals surface area contributed by atoms with Crippen molar-refractivity contribution in [3.05, 3.63) is 10.8 Å². The van der Waals surface area contributed by atoms with Gasteiger partial charge in [0, 0.05) is 26.2 Å². The fourth-order valence-electron chi connectivity index (χ4n) is 2.70. The summed E-state index contributed by atoms with van der Waals surface area (Å²) in [5.41, 5.74) is 2.99. The third-order valence-corrected chi connectivity index (χ3v) is 3.95. The van der Waals surface area contributed by atoms with E-state index in [1.165, 1.54) is 28.9 Å². The predicted octanol–water partition coefficient (Wildman–Crippen LogP) is 2.28. The Kier molecular flexibility index (Phi) is 10.4. The number of rotatable bonds is 8. The minimum atomic E-state index is 1.10. The Bertz CT molecular complexity index is 526. The number of aliphatic imine (C=N–C) groups is 1. The van der Waals surface area contributed by atoms with Crippen LogP contribution in [0, 0.1) is 11.5 Å². The van der Waals surface area contributed by atoms with Gasteiger partial charge in [-0.25, -0.2) is 4.58 Å². The lowest BCUT2D eigenvalue weighted by molar-refractivity contribution is 0.634. The fourth-order valence-corrected chi connectivity index (χ4v) is 2.70. The number of anilines is 2. The lowest BCUT2D eigenvalue weighted by atomic mass is 10.5. The molecule has 1 rings (SSSR count).